The fourth-order valence-corrected chi connectivity index (χ4v) is 7.72. The summed E-state index contributed by atoms with van der Waals surface area (Å²) in [5.41, 5.74) is 4.06. The van der Waals surface area contributed by atoms with Gasteiger partial charge in [0.25, 0.3) is 5.91 Å². The summed E-state index contributed by atoms with van der Waals surface area (Å²) in [6.07, 6.45) is 5.77. The number of carbonyl (C=O) groups excluding carboxylic acids is 2. The minimum absolute atomic E-state index is 0.251. The summed E-state index contributed by atoms with van der Waals surface area (Å²) >= 11 is 1.36. The number of nitrogens with zero attached hydrogens (tertiary/aromatic N) is 6. The highest BCUT2D eigenvalue weighted by molar-refractivity contribution is 7.99. The van der Waals surface area contributed by atoms with E-state index in [9.17, 15) is 14.7 Å². The number of aliphatic hydroxyl groups is 1. The summed E-state index contributed by atoms with van der Waals surface area (Å²) in [4.78, 5) is 35.8. The third-order valence-electron chi connectivity index (χ3n) is 9.50. The van der Waals surface area contributed by atoms with Crippen LogP contribution in [-0.2, 0) is 23.1 Å². The van der Waals surface area contributed by atoms with Crippen LogP contribution in [0, 0.1) is 11.8 Å². The monoisotopic (exact) mass is 665 g/mol. The third kappa shape index (κ3) is 7.85. The fourth-order valence-electron chi connectivity index (χ4n) is 6.85. The van der Waals surface area contributed by atoms with Crippen LogP contribution in [0.2, 0.25) is 0 Å². The maximum Gasteiger partial charge on any atom is 0.252 e. The van der Waals surface area contributed by atoms with E-state index in [4.69, 9.17) is 4.99 Å². The molecule has 0 saturated heterocycles. The van der Waals surface area contributed by atoms with E-state index in [1.165, 1.54) is 18.2 Å². The number of aliphatic imine (C=N–C) groups is 1. The Kier molecular flexibility index (Phi) is 11.0. The number of benzene rings is 3. The van der Waals surface area contributed by atoms with Crippen molar-refractivity contribution < 1.29 is 14.7 Å². The first kappa shape index (κ1) is 33.5. The number of fused-ring (bicyclic) bond motifs is 1. The van der Waals surface area contributed by atoms with Crippen LogP contribution in [0.4, 0.5) is 5.69 Å². The molecule has 4 atom stereocenters. The summed E-state index contributed by atoms with van der Waals surface area (Å²) in [5, 5.41) is 27.1. The fraction of sp³-hybridized carbons (Fsp3) is 0.405. The molecule has 0 bridgehead atoms. The van der Waals surface area contributed by atoms with Crippen molar-refractivity contribution >= 4 is 35.0 Å². The van der Waals surface area contributed by atoms with Gasteiger partial charge in [0.15, 0.2) is 0 Å². The minimum atomic E-state index is -0.996. The Morgan fingerprint density at radius 1 is 0.958 bits per heavy atom. The molecule has 6 rings (SSSR count). The van der Waals surface area contributed by atoms with Gasteiger partial charge in [-0.25, -0.2) is 4.68 Å². The van der Waals surface area contributed by atoms with Crippen LogP contribution in [0.25, 0.3) is 0 Å². The number of thioether (sulfide) groups is 1. The van der Waals surface area contributed by atoms with Crippen molar-refractivity contribution in [2.24, 2.45) is 23.9 Å². The molecule has 1 aromatic heterocycles. The smallest absolute Gasteiger partial charge is 0.252 e. The molecule has 1 saturated carbocycles. The van der Waals surface area contributed by atoms with E-state index in [1.807, 2.05) is 84.9 Å². The zero-order chi connectivity index (χ0) is 33.5. The van der Waals surface area contributed by atoms with Gasteiger partial charge in [0.2, 0.25) is 11.1 Å². The molecular formula is C37H43N7O3S. The first-order chi connectivity index (χ1) is 23.4. The number of amides is 2. The quantitative estimate of drug-likeness (QED) is 0.207. The summed E-state index contributed by atoms with van der Waals surface area (Å²) in [5.74, 6) is -0.661. The van der Waals surface area contributed by atoms with Gasteiger partial charge in [-0.3, -0.25) is 14.6 Å². The second kappa shape index (κ2) is 15.7. The minimum Gasteiger partial charge on any atom is -0.390 e. The van der Waals surface area contributed by atoms with Crippen molar-refractivity contribution in [1.82, 2.24) is 25.5 Å². The van der Waals surface area contributed by atoms with Crippen LogP contribution in [0.5, 0.6) is 0 Å². The van der Waals surface area contributed by atoms with Gasteiger partial charge in [0.05, 0.1) is 29.5 Å². The van der Waals surface area contributed by atoms with Gasteiger partial charge in [0, 0.05) is 31.0 Å². The summed E-state index contributed by atoms with van der Waals surface area (Å²) in [6.45, 7) is 0. The molecule has 4 aromatic rings. The number of nitrogens with one attached hydrogen (secondary N) is 1. The molecular weight excluding hydrogens is 623 g/mol. The molecule has 2 heterocycles. The zero-order valence-electron chi connectivity index (χ0n) is 27.5. The Morgan fingerprint density at radius 3 is 2.35 bits per heavy atom. The predicted molar refractivity (Wildman–Crippen MR) is 188 cm³/mol. The van der Waals surface area contributed by atoms with E-state index in [0.29, 0.717) is 35.4 Å². The van der Waals surface area contributed by atoms with Gasteiger partial charge in [-0.1, -0.05) is 123 Å². The Balaban J connectivity index is 1.35. The number of tetrazole rings is 1. The molecule has 10 nitrogen and oxygen atoms in total. The number of aliphatic hydroxyl groups excluding tert-OH is 1. The number of para-hydroxylation sites is 1. The Labute approximate surface area is 286 Å². The number of hydrogen-bond acceptors (Lipinski definition) is 8. The molecule has 1 aliphatic carbocycles. The van der Waals surface area contributed by atoms with Crippen LogP contribution in [-0.4, -0.2) is 73.8 Å². The van der Waals surface area contributed by atoms with Crippen molar-refractivity contribution in [3.8, 4) is 0 Å². The third-order valence-corrected chi connectivity index (χ3v) is 10.6. The molecule has 1 aliphatic heterocycles. The number of anilines is 1. The second-order valence-corrected chi connectivity index (χ2v) is 13.8. The standard InChI is InChI=1S/C37H43N7O3S/c1-43-31-21-13-12-20-28(31)33(27-18-10-5-11-19-27)39-34(36(43)47)29(22-25-14-6-3-7-15-25)35(46)38-30(23-26-16-8-4-9-17-26)32(45)24-48-37-40-41-42-44(37)2/h3,5-7,10-15,18-21,26,29-30,32,34,45H,4,8-9,16-17,22-24H2,1-2H3,(H,38,46)/t29?,30-,32?,34-/m0/s1. The normalized spacial score (nSPS) is 18.7. The average molecular weight is 666 g/mol. The highest BCUT2D eigenvalue weighted by Crippen LogP contribution is 2.32. The highest BCUT2D eigenvalue weighted by atomic mass is 32.2. The van der Waals surface area contributed by atoms with Crippen LogP contribution in [0.1, 0.15) is 55.2 Å². The summed E-state index contributed by atoms with van der Waals surface area (Å²) in [6, 6.07) is 25.8. The molecule has 0 radical (unpaired) electrons. The molecule has 2 unspecified atom stereocenters. The Bertz CT molecular complexity index is 1710. The SMILES string of the molecule is CN1C(=O)[C@H](C(Cc2ccccc2)C(=O)N[C@@H](CC2CCCCC2)C(O)CSc2nnnn2C)N=C(c2ccccc2)c2ccccc21. The van der Waals surface area contributed by atoms with Gasteiger partial charge < -0.3 is 15.3 Å². The molecule has 1 fully saturated rings. The van der Waals surface area contributed by atoms with E-state index in [0.717, 1.165) is 48.1 Å². The number of likely N-dealkylation sites (N-methyl/N-ethyl adjacent to an activating group) is 1. The Morgan fingerprint density at radius 2 is 1.65 bits per heavy atom. The number of aryl methyl sites for hydroxylation is 1. The van der Waals surface area contributed by atoms with Crippen LogP contribution >= 0.6 is 11.8 Å². The molecule has 48 heavy (non-hydrogen) atoms. The molecule has 2 N–H and O–H groups in total. The maximum atomic E-state index is 14.7. The number of benzodiazepines with no additional fused rings is 1. The number of carbonyl (C=O) groups is 2. The molecule has 0 spiro atoms. The highest BCUT2D eigenvalue weighted by Gasteiger charge is 2.40. The molecule has 3 aromatic carbocycles. The van der Waals surface area contributed by atoms with Crippen molar-refractivity contribution in [2.75, 3.05) is 17.7 Å². The lowest BCUT2D eigenvalue weighted by Crippen LogP contribution is -2.52. The van der Waals surface area contributed by atoms with E-state index < -0.39 is 24.1 Å². The van der Waals surface area contributed by atoms with E-state index >= 15 is 0 Å². The van der Waals surface area contributed by atoms with Gasteiger partial charge >= 0.3 is 0 Å². The topological polar surface area (TPSA) is 126 Å². The number of rotatable bonds is 12. The second-order valence-electron chi connectivity index (χ2n) is 12.8. The Hall–Kier alpha value is -4.35. The maximum absolute atomic E-state index is 14.7. The van der Waals surface area contributed by atoms with E-state index in [2.05, 4.69) is 20.8 Å². The summed E-state index contributed by atoms with van der Waals surface area (Å²) < 4.78 is 1.57. The van der Waals surface area contributed by atoms with Crippen LogP contribution < -0.4 is 10.2 Å². The van der Waals surface area contributed by atoms with Crippen molar-refractivity contribution in [2.45, 2.75) is 68.3 Å². The molecule has 2 aliphatic rings. The van der Waals surface area contributed by atoms with Crippen LogP contribution in [0.15, 0.2) is 95.1 Å². The lowest BCUT2D eigenvalue weighted by atomic mass is 9.83. The molecule has 250 valence electrons. The first-order valence-corrected chi connectivity index (χ1v) is 17.7. The lowest BCUT2D eigenvalue weighted by molar-refractivity contribution is -0.131. The molecule has 11 heteroatoms. The van der Waals surface area contributed by atoms with Gasteiger partial charge in [0.1, 0.15) is 6.04 Å². The van der Waals surface area contributed by atoms with Crippen molar-refractivity contribution in [1.29, 1.82) is 0 Å². The van der Waals surface area contributed by atoms with Crippen molar-refractivity contribution in [3.05, 3.63) is 102 Å². The van der Waals surface area contributed by atoms with Crippen LogP contribution in [0.3, 0.4) is 0 Å². The average Bonchev–Trinajstić information content (AvgIpc) is 3.50. The number of aromatic nitrogens is 4. The summed E-state index contributed by atoms with van der Waals surface area (Å²) in [7, 11) is 3.51. The predicted octanol–water partition coefficient (Wildman–Crippen LogP) is 4.86. The van der Waals surface area contributed by atoms with Crippen molar-refractivity contribution in [3.63, 3.8) is 0 Å². The lowest BCUT2D eigenvalue weighted by Gasteiger charge is -2.32. The molecule has 2 amide bonds. The van der Waals surface area contributed by atoms with E-state index in [1.54, 1.807) is 23.7 Å². The van der Waals surface area contributed by atoms with Gasteiger partial charge in [-0.15, -0.1) is 5.10 Å². The largest absolute Gasteiger partial charge is 0.390 e. The van der Waals surface area contributed by atoms with Gasteiger partial charge in [-0.2, -0.15) is 0 Å². The number of hydrogen-bond donors (Lipinski definition) is 2. The first-order valence-electron chi connectivity index (χ1n) is 16.8. The van der Waals surface area contributed by atoms with E-state index in [-0.39, 0.29) is 11.8 Å². The zero-order valence-corrected chi connectivity index (χ0v) is 28.3. The van der Waals surface area contributed by atoms with Gasteiger partial charge in [-0.05, 0) is 40.8 Å².